The Labute approximate surface area is 179 Å². The summed E-state index contributed by atoms with van der Waals surface area (Å²) >= 11 is 0. The van der Waals surface area contributed by atoms with Crippen molar-refractivity contribution >= 4 is 5.97 Å². The number of aliphatic hydroxyl groups excluding tert-OH is 2. The minimum Gasteiger partial charge on any atom is -0.429 e. The Hall–Kier alpha value is -1.17. The van der Waals surface area contributed by atoms with Gasteiger partial charge in [-0.15, -0.1) is 0 Å². The first-order chi connectivity index (χ1) is 14.2. The van der Waals surface area contributed by atoms with E-state index >= 15 is 0 Å². The second-order valence-corrected chi connectivity index (χ2v) is 11.2. The molecule has 2 heterocycles. The molecular weight excluding hydrogens is 380 g/mol. The quantitative estimate of drug-likeness (QED) is 0.530. The molecule has 0 aromatic rings. The number of aliphatic hydroxyl groups is 2. The summed E-state index contributed by atoms with van der Waals surface area (Å²) in [4.78, 5) is 11.4. The summed E-state index contributed by atoms with van der Waals surface area (Å²) in [5.41, 5.74) is 2.80. The summed E-state index contributed by atoms with van der Waals surface area (Å²) in [5, 5.41) is 20.5. The lowest BCUT2D eigenvalue weighted by Crippen LogP contribution is -2.47. The molecule has 0 aromatic heterocycles. The van der Waals surface area contributed by atoms with E-state index in [0.717, 1.165) is 24.3 Å². The molecule has 3 fully saturated rings. The lowest BCUT2D eigenvalue weighted by atomic mass is 9.50. The highest BCUT2D eigenvalue weighted by Gasteiger charge is 2.72. The van der Waals surface area contributed by atoms with Gasteiger partial charge in [0.05, 0.1) is 6.10 Å². The number of esters is 1. The van der Waals surface area contributed by atoms with Crippen LogP contribution in [-0.4, -0.2) is 34.9 Å². The van der Waals surface area contributed by atoms with Gasteiger partial charge in [-0.1, -0.05) is 33.3 Å². The fourth-order valence-corrected chi connectivity index (χ4v) is 7.78. The molecule has 3 saturated carbocycles. The molecule has 166 valence electrons. The maximum atomic E-state index is 11.4. The molecule has 3 aliphatic carbocycles. The molecule has 2 N–H and O–H groups in total. The van der Waals surface area contributed by atoms with Crippen LogP contribution in [0.5, 0.6) is 0 Å². The predicted molar refractivity (Wildman–Crippen MR) is 112 cm³/mol. The number of carbonyl (C=O) groups is 1. The van der Waals surface area contributed by atoms with Crippen LogP contribution in [-0.2, 0) is 14.3 Å². The van der Waals surface area contributed by atoms with Crippen LogP contribution < -0.4 is 0 Å². The Kier molecular flexibility index (Phi) is 4.77. The van der Waals surface area contributed by atoms with Crippen LogP contribution in [0.15, 0.2) is 23.3 Å². The summed E-state index contributed by atoms with van der Waals surface area (Å²) in [6, 6.07) is 0. The van der Waals surface area contributed by atoms with Gasteiger partial charge in [0.15, 0.2) is 6.29 Å². The number of hydrogen-bond acceptors (Lipinski definition) is 5. The van der Waals surface area contributed by atoms with Crippen molar-refractivity contribution in [3.8, 4) is 0 Å². The Morgan fingerprint density at radius 1 is 1.17 bits per heavy atom. The number of cyclic esters (lactones) is 1. The third-order valence-electron chi connectivity index (χ3n) is 9.94. The lowest BCUT2D eigenvalue weighted by molar-refractivity contribution is -0.155. The van der Waals surface area contributed by atoms with Gasteiger partial charge in [-0.25, -0.2) is 4.79 Å². The van der Waals surface area contributed by atoms with E-state index < -0.39 is 24.7 Å². The van der Waals surface area contributed by atoms with Crippen molar-refractivity contribution in [2.45, 2.75) is 97.2 Å². The Bertz CT molecular complexity index is 801. The molecule has 0 amide bonds. The van der Waals surface area contributed by atoms with E-state index in [1.54, 1.807) is 0 Å². The van der Waals surface area contributed by atoms with Gasteiger partial charge in [0.1, 0.15) is 0 Å². The van der Waals surface area contributed by atoms with Gasteiger partial charge in [0.25, 0.3) is 0 Å². The van der Waals surface area contributed by atoms with Crippen LogP contribution in [0, 0.1) is 28.1 Å². The lowest BCUT2D eigenvalue weighted by Gasteiger charge is -2.55. The minimum absolute atomic E-state index is 0.304. The van der Waals surface area contributed by atoms with Crippen LogP contribution in [0.3, 0.4) is 0 Å². The Morgan fingerprint density at radius 3 is 2.67 bits per heavy atom. The van der Waals surface area contributed by atoms with Gasteiger partial charge < -0.3 is 19.7 Å². The van der Waals surface area contributed by atoms with E-state index in [-0.39, 0.29) is 0 Å². The number of rotatable bonds is 4. The summed E-state index contributed by atoms with van der Waals surface area (Å²) in [5.74, 6) is 0.940. The molecule has 30 heavy (non-hydrogen) atoms. The van der Waals surface area contributed by atoms with Gasteiger partial charge in [-0.2, -0.15) is 0 Å². The van der Waals surface area contributed by atoms with Crippen LogP contribution >= 0.6 is 0 Å². The molecule has 5 rings (SSSR count). The maximum absolute atomic E-state index is 11.4. The van der Waals surface area contributed by atoms with Crippen molar-refractivity contribution in [2.24, 2.45) is 28.1 Å². The van der Waals surface area contributed by atoms with Gasteiger partial charge in [-0.05, 0) is 85.0 Å². The zero-order chi connectivity index (χ0) is 21.3. The normalized spacial score (nSPS) is 50.2. The van der Waals surface area contributed by atoms with Crippen molar-refractivity contribution in [2.75, 3.05) is 0 Å². The molecule has 0 radical (unpaired) electrons. The molecule has 8 atom stereocenters. The predicted octanol–water partition coefficient (Wildman–Crippen LogP) is 4.23. The van der Waals surface area contributed by atoms with E-state index in [1.807, 2.05) is 6.08 Å². The fraction of sp³-hybridized carbons (Fsp3) is 0.800. The molecule has 1 spiro atoms. The monoisotopic (exact) mass is 416 g/mol. The third kappa shape index (κ3) is 2.96. The fourth-order valence-electron chi connectivity index (χ4n) is 7.78. The first kappa shape index (κ1) is 20.7. The molecule has 5 nitrogen and oxygen atoms in total. The van der Waals surface area contributed by atoms with E-state index in [9.17, 15) is 15.0 Å². The summed E-state index contributed by atoms with van der Waals surface area (Å²) in [7, 11) is 0. The highest BCUT2D eigenvalue weighted by molar-refractivity contribution is 5.85. The smallest absolute Gasteiger partial charge is 0.333 e. The van der Waals surface area contributed by atoms with Crippen molar-refractivity contribution in [1.29, 1.82) is 0 Å². The average Bonchev–Trinajstić information content (AvgIpc) is 3.19. The highest BCUT2D eigenvalue weighted by atomic mass is 16.6. The zero-order valence-electron chi connectivity index (χ0n) is 18.5. The molecular formula is C25H36O5. The highest BCUT2D eigenvalue weighted by Crippen LogP contribution is 2.80. The number of carbonyl (C=O) groups excluding carboxylic acids is 1. The molecule has 0 aromatic carbocycles. The summed E-state index contributed by atoms with van der Waals surface area (Å²) < 4.78 is 10.5. The van der Waals surface area contributed by atoms with Crippen molar-refractivity contribution < 1.29 is 24.5 Å². The third-order valence-corrected chi connectivity index (χ3v) is 9.94. The average molecular weight is 417 g/mol. The number of ether oxygens (including phenoxy) is 2. The molecule has 8 unspecified atom stereocenters. The molecule has 5 heteroatoms. The standard InChI is InChI=1S/C25H36O5/c1-15-8-12-25-14-23(25,2)10-4-5-19(25)24(15,3)11-9-16-6-7-18(29-21(16)27)17-13-20(26)30-22(17)28/h6,13,15,18-19,21-22,27-28H,4-5,7-12,14H2,1-3H3. The van der Waals surface area contributed by atoms with Gasteiger partial charge in [0.2, 0.25) is 6.29 Å². The van der Waals surface area contributed by atoms with Crippen LogP contribution in [0.25, 0.3) is 0 Å². The van der Waals surface area contributed by atoms with Gasteiger partial charge >= 0.3 is 5.97 Å². The second kappa shape index (κ2) is 6.91. The Balaban J connectivity index is 1.28. The van der Waals surface area contributed by atoms with E-state index in [2.05, 4.69) is 20.8 Å². The summed E-state index contributed by atoms with van der Waals surface area (Å²) in [6.07, 6.45) is 11.3. The van der Waals surface area contributed by atoms with E-state index in [0.29, 0.717) is 34.2 Å². The van der Waals surface area contributed by atoms with Crippen LogP contribution in [0.4, 0.5) is 0 Å². The zero-order valence-corrected chi connectivity index (χ0v) is 18.5. The largest absolute Gasteiger partial charge is 0.429 e. The first-order valence-electron chi connectivity index (χ1n) is 11.8. The van der Waals surface area contributed by atoms with E-state index in [4.69, 9.17) is 9.47 Å². The van der Waals surface area contributed by atoms with Gasteiger partial charge in [0, 0.05) is 11.6 Å². The van der Waals surface area contributed by atoms with Crippen molar-refractivity contribution in [3.63, 3.8) is 0 Å². The van der Waals surface area contributed by atoms with Crippen LogP contribution in [0.2, 0.25) is 0 Å². The van der Waals surface area contributed by atoms with Crippen LogP contribution in [0.1, 0.15) is 78.6 Å². The molecule has 5 aliphatic rings. The SMILES string of the molecule is CC1CCC23CC2(C)CCCC3C1(C)CCC1=CCC(C2=CC(=O)OC2O)OC1O. The van der Waals surface area contributed by atoms with E-state index in [1.165, 1.54) is 44.6 Å². The minimum atomic E-state index is -1.26. The summed E-state index contributed by atoms with van der Waals surface area (Å²) in [6.45, 7) is 7.47. The second-order valence-electron chi connectivity index (χ2n) is 11.2. The Morgan fingerprint density at radius 2 is 1.97 bits per heavy atom. The topological polar surface area (TPSA) is 76.0 Å². The first-order valence-corrected chi connectivity index (χ1v) is 11.8. The molecule has 2 aliphatic heterocycles. The van der Waals surface area contributed by atoms with Crippen molar-refractivity contribution in [1.82, 2.24) is 0 Å². The van der Waals surface area contributed by atoms with Crippen molar-refractivity contribution in [3.05, 3.63) is 23.3 Å². The van der Waals surface area contributed by atoms with Gasteiger partial charge in [-0.3, -0.25) is 0 Å². The number of hydrogen-bond donors (Lipinski definition) is 2. The molecule has 0 saturated heterocycles. The molecule has 0 bridgehead atoms. The maximum Gasteiger partial charge on any atom is 0.333 e.